The molecule has 0 aliphatic carbocycles. The summed E-state index contributed by atoms with van der Waals surface area (Å²) in [5.74, 6) is 1.71. The third-order valence-electron chi connectivity index (χ3n) is 2.67. The Kier molecular flexibility index (Phi) is 3.64. The molecule has 0 atom stereocenters. The topological polar surface area (TPSA) is 43.8 Å². The van der Waals surface area contributed by atoms with Crippen LogP contribution in [0.5, 0.6) is 0 Å². The van der Waals surface area contributed by atoms with E-state index in [1.54, 1.807) is 18.0 Å². The highest BCUT2D eigenvalue weighted by Crippen LogP contribution is 2.30. The average Bonchev–Trinajstić information content (AvgIpc) is 2.62. The third-order valence-corrected chi connectivity index (χ3v) is 4.09. The Morgan fingerprint density at radius 1 is 1.47 bits per heavy atom. The maximum Gasteiger partial charge on any atom is 0.128 e. The largest absolute Gasteiger partial charge is 0.398 e. The van der Waals surface area contributed by atoms with Crippen molar-refractivity contribution in [2.45, 2.75) is 17.6 Å². The fourth-order valence-electron chi connectivity index (χ4n) is 1.48. The van der Waals surface area contributed by atoms with Gasteiger partial charge in [-0.15, -0.1) is 11.8 Å². The molecule has 17 heavy (non-hydrogen) atoms. The van der Waals surface area contributed by atoms with Gasteiger partial charge in [-0.1, -0.05) is 23.7 Å². The minimum Gasteiger partial charge on any atom is -0.398 e. The van der Waals surface area contributed by atoms with Crippen molar-refractivity contribution in [3.05, 3.63) is 40.9 Å². The summed E-state index contributed by atoms with van der Waals surface area (Å²) in [5, 5.41) is 0.651. The minimum atomic E-state index is 0.651. The van der Waals surface area contributed by atoms with Gasteiger partial charge in [0.05, 0.1) is 11.9 Å². The lowest BCUT2D eigenvalue weighted by atomic mass is 10.2. The molecule has 0 saturated heterocycles. The Morgan fingerprint density at radius 2 is 2.24 bits per heavy atom. The lowest BCUT2D eigenvalue weighted by Gasteiger charge is -2.07. The van der Waals surface area contributed by atoms with Crippen molar-refractivity contribution >= 4 is 29.1 Å². The number of imidazole rings is 1. The number of thioether (sulfide) groups is 1. The van der Waals surface area contributed by atoms with E-state index in [0.29, 0.717) is 5.15 Å². The number of hydrogen-bond acceptors (Lipinski definition) is 3. The predicted octanol–water partition coefficient (Wildman–Crippen LogP) is 3.26. The lowest BCUT2D eigenvalue weighted by Crippen LogP contribution is -1.97. The van der Waals surface area contributed by atoms with E-state index in [9.17, 15) is 0 Å². The summed E-state index contributed by atoms with van der Waals surface area (Å²) >= 11 is 7.61. The first kappa shape index (κ1) is 12.3. The number of nitrogen functional groups attached to an aromatic ring is 1. The van der Waals surface area contributed by atoms with Gasteiger partial charge in [0.15, 0.2) is 0 Å². The Labute approximate surface area is 110 Å². The van der Waals surface area contributed by atoms with Crippen molar-refractivity contribution in [3.8, 4) is 0 Å². The van der Waals surface area contributed by atoms with Crippen LogP contribution in [-0.2, 0) is 12.8 Å². The summed E-state index contributed by atoms with van der Waals surface area (Å²) < 4.78 is 1.88. The highest BCUT2D eigenvalue weighted by atomic mass is 35.5. The zero-order chi connectivity index (χ0) is 12.4. The van der Waals surface area contributed by atoms with Crippen molar-refractivity contribution in [1.82, 2.24) is 9.55 Å². The van der Waals surface area contributed by atoms with Crippen molar-refractivity contribution in [1.29, 1.82) is 0 Å². The summed E-state index contributed by atoms with van der Waals surface area (Å²) in [6.07, 6.45) is 1.66. The van der Waals surface area contributed by atoms with Gasteiger partial charge < -0.3 is 10.3 Å². The first-order valence-electron chi connectivity index (χ1n) is 5.23. The second-order valence-electron chi connectivity index (χ2n) is 3.83. The number of anilines is 1. The first-order chi connectivity index (χ1) is 8.09. The fourth-order valence-corrected chi connectivity index (χ4v) is 2.67. The molecular weight excluding hydrogens is 254 g/mol. The molecule has 0 aliphatic heterocycles. The molecule has 1 aromatic heterocycles. The molecule has 1 heterocycles. The monoisotopic (exact) mass is 267 g/mol. The lowest BCUT2D eigenvalue weighted by molar-refractivity contribution is 0.850. The number of halogens is 1. The van der Waals surface area contributed by atoms with Crippen LogP contribution in [0.4, 0.5) is 5.69 Å². The maximum atomic E-state index is 6.02. The summed E-state index contributed by atoms with van der Waals surface area (Å²) in [5.41, 5.74) is 7.97. The number of para-hydroxylation sites is 1. The normalized spacial score (nSPS) is 10.8. The number of nitrogens with zero attached hydrogens (tertiary/aromatic N) is 2. The maximum absolute atomic E-state index is 6.02. The van der Waals surface area contributed by atoms with E-state index >= 15 is 0 Å². The van der Waals surface area contributed by atoms with Crippen molar-refractivity contribution in [2.24, 2.45) is 7.05 Å². The van der Waals surface area contributed by atoms with Gasteiger partial charge in [0.25, 0.3) is 0 Å². The van der Waals surface area contributed by atoms with Crippen molar-refractivity contribution < 1.29 is 0 Å². The van der Waals surface area contributed by atoms with Crippen molar-refractivity contribution in [2.75, 3.05) is 5.73 Å². The van der Waals surface area contributed by atoms with E-state index in [-0.39, 0.29) is 0 Å². The van der Waals surface area contributed by atoms with Gasteiger partial charge >= 0.3 is 0 Å². The smallest absolute Gasteiger partial charge is 0.128 e. The minimum absolute atomic E-state index is 0.651. The van der Waals surface area contributed by atoms with Crippen LogP contribution in [0, 0.1) is 6.92 Å². The zero-order valence-electron chi connectivity index (χ0n) is 9.77. The van der Waals surface area contributed by atoms with Crippen LogP contribution in [0.15, 0.2) is 29.3 Å². The van der Waals surface area contributed by atoms with Gasteiger partial charge in [-0.3, -0.25) is 0 Å². The van der Waals surface area contributed by atoms with Crippen LogP contribution in [0.2, 0.25) is 5.15 Å². The van der Waals surface area contributed by atoms with Gasteiger partial charge in [0, 0.05) is 17.6 Å². The number of nitrogens with two attached hydrogens (primary N) is 1. The van der Waals surface area contributed by atoms with Gasteiger partial charge in [-0.2, -0.15) is 0 Å². The average molecular weight is 268 g/mol. The Bertz CT molecular complexity index is 537. The molecule has 0 fully saturated rings. The van der Waals surface area contributed by atoms with E-state index in [0.717, 1.165) is 27.7 Å². The number of aryl methyl sites for hydroxylation is 1. The standard InChI is InChI=1S/C12H14ClN3S/c1-8-4-3-5-9(12(8)14)17-7-11-15-6-10(13)16(11)2/h3-6H,7,14H2,1-2H3. The Balaban J connectivity index is 2.13. The molecule has 0 radical (unpaired) electrons. The Hall–Kier alpha value is -1.13. The zero-order valence-corrected chi connectivity index (χ0v) is 11.3. The SMILES string of the molecule is Cc1cccc(SCc2ncc(Cl)n2C)c1N. The second kappa shape index (κ2) is 5.02. The van der Waals surface area contributed by atoms with E-state index < -0.39 is 0 Å². The quantitative estimate of drug-likeness (QED) is 0.686. The highest BCUT2D eigenvalue weighted by molar-refractivity contribution is 7.98. The second-order valence-corrected chi connectivity index (χ2v) is 5.24. The van der Waals surface area contributed by atoms with Crippen LogP contribution < -0.4 is 5.73 Å². The predicted molar refractivity (Wildman–Crippen MR) is 73.4 cm³/mol. The number of benzene rings is 1. The van der Waals surface area contributed by atoms with Gasteiger partial charge in [0.1, 0.15) is 11.0 Å². The van der Waals surface area contributed by atoms with Gasteiger partial charge in [-0.25, -0.2) is 4.98 Å². The van der Waals surface area contributed by atoms with Gasteiger partial charge in [0.2, 0.25) is 0 Å². The molecule has 90 valence electrons. The molecule has 0 amide bonds. The molecule has 2 N–H and O–H groups in total. The number of aromatic nitrogens is 2. The van der Waals surface area contributed by atoms with Gasteiger partial charge in [-0.05, 0) is 18.6 Å². The summed E-state index contributed by atoms with van der Waals surface area (Å²) in [6.45, 7) is 2.01. The fraction of sp³-hybridized carbons (Fsp3) is 0.250. The van der Waals surface area contributed by atoms with E-state index in [2.05, 4.69) is 4.98 Å². The van der Waals surface area contributed by atoms with E-state index in [1.165, 1.54) is 0 Å². The van der Waals surface area contributed by atoms with E-state index in [4.69, 9.17) is 17.3 Å². The molecule has 0 aliphatic rings. The van der Waals surface area contributed by atoms with Crippen LogP contribution in [-0.4, -0.2) is 9.55 Å². The van der Waals surface area contributed by atoms with Crippen LogP contribution in [0.1, 0.15) is 11.4 Å². The third kappa shape index (κ3) is 2.58. The molecule has 1 aromatic carbocycles. The van der Waals surface area contributed by atoms with Crippen LogP contribution in [0.25, 0.3) is 0 Å². The summed E-state index contributed by atoms with van der Waals surface area (Å²) in [4.78, 5) is 5.34. The molecule has 2 rings (SSSR count). The first-order valence-corrected chi connectivity index (χ1v) is 6.60. The molecule has 0 bridgehead atoms. The van der Waals surface area contributed by atoms with Crippen molar-refractivity contribution in [3.63, 3.8) is 0 Å². The summed E-state index contributed by atoms with van der Waals surface area (Å²) in [6, 6.07) is 6.05. The molecule has 2 aromatic rings. The summed E-state index contributed by atoms with van der Waals surface area (Å²) in [7, 11) is 1.91. The molecule has 5 heteroatoms. The Morgan fingerprint density at radius 3 is 2.88 bits per heavy atom. The highest BCUT2D eigenvalue weighted by Gasteiger charge is 2.07. The molecule has 0 unspecified atom stereocenters. The number of hydrogen-bond donors (Lipinski definition) is 1. The molecule has 0 saturated carbocycles. The number of rotatable bonds is 3. The van der Waals surface area contributed by atoms with E-state index in [1.807, 2.05) is 36.7 Å². The molecular formula is C12H14ClN3S. The molecule has 3 nitrogen and oxygen atoms in total. The molecule has 0 spiro atoms. The van der Waals surface area contributed by atoms with Crippen LogP contribution in [0.3, 0.4) is 0 Å². The van der Waals surface area contributed by atoms with Crippen LogP contribution >= 0.6 is 23.4 Å².